The predicted molar refractivity (Wildman–Crippen MR) is 92.5 cm³/mol. The van der Waals surface area contributed by atoms with E-state index in [9.17, 15) is 0 Å². The molecule has 0 saturated carbocycles. The Hall–Kier alpha value is -2.75. The van der Waals surface area contributed by atoms with Gasteiger partial charge in [0.25, 0.3) is 0 Å². The van der Waals surface area contributed by atoms with Gasteiger partial charge in [-0.1, -0.05) is 30.3 Å². The van der Waals surface area contributed by atoms with E-state index >= 15 is 0 Å². The Morgan fingerprint density at radius 1 is 0.870 bits per heavy atom. The van der Waals surface area contributed by atoms with Gasteiger partial charge in [0.1, 0.15) is 11.6 Å². The lowest BCUT2D eigenvalue weighted by molar-refractivity contribution is 0.840. The summed E-state index contributed by atoms with van der Waals surface area (Å²) in [4.78, 5) is 15.3. The molecule has 0 amide bonds. The van der Waals surface area contributed by atoms with Gasteiger partial charge >= 0.3 is 0 Å². The molecule has 0 aliphatic heterocycles. The number of nitrogens with zero attached hydrogens (tertiary/aromatic N) is 4. The van der Waals surface area contributed by atoms with Crippen LogP contribution in [0.2, 0.25) is 0 Å². The number of benzene rings is 1. The highest BCUT2D eigenvalue weighted by Crippen LogP contribution is 2.12. The normalized spacial score (nSPS) is 10.5. The first-order valence-corrected chi connectivity index (χ1v) is 7.77. The summed E-state index contributed by atoms with van der Waals surface area (Å²) in [5, 5.41) is 0. The molecule has 23 heavy (non-hydrogen) atoms. The summed E-state index contributed by atoms with van der Waals surface area (Å²) in [7, 11) is 2.07. The van der Waals surface area contributed by atoms with Crippen LogP contribution in [-0.4, -0.2) is 28.5 Å². The molecule has 4 heteroatoms. The Morgan fingerprint density at radius 2 is 1.65 bits per heavy atom. The van der Waals surface area contributed by atoms with E-state index < -0.39 is 0 Å². The minimum atomic E-state index is 0.757. The van der Waals surface area contributed by atoms with E-state index in [0.717, 1.165) is 31.0 Å². The number of aromatic nitrogens is 3. The van der Waals surface area contributed by atoms with Crippen molar-refractivity contribution in [1.82, 2.24) is 15.0 Å². The van der Waals surface area contributed by atoms with Crippen molar-refractivity contribution in [2.24, 2.45) is 0 Å². The Labute approximate surface area is 136 Å². The van der Waals surface area contributed by atoms with Gasteiger partial charge in [-0.15, -0.1) is 0 Å². The first-order chi connectivity index (χ1) is 11.3. The van der Waals surface area contributed by atoms with E-state index in [4.69, 9.17) is 0 Å². The minimum absolute atomic E-state index is 0.757. The summed E-state index contributed by atoms with van der Waals surface area (Å²) in [5.74, 6) is 1.81. The highest BCUT2D eigenvalue weighted by atomic mass is 15.2. The highest BCUT2D eigenvalue weighted by Gasteiger charge is 2.06. The van der Waals surface area contributed by atoms with E-state index in [0.29, 0.717) is 0 Å². The molecule has 0 spiro atoms. The van der Waals surface area contributed by atoms with Crippen LogP contribution in [0.25, 0.3) is 0 Å². The largest absolute Gasteiger partial charge is 0.359 e. The van der Waals surface area contributed by atoms with E-state index in [1.165, 1.54) is 11.1 Å². The van der Waals surface area contributed by atoms with Crippen molar-refractivity contribution in [3.8, 4) is 0 Å². The van der Waals surface area contributed by atoms with Crippen molar-refractivity contribution < 1.29 is 0 Å². The zero-order valence-corrected chi connectivity index (χ0v) is 13.3. The van der Waals surface area contributed by atoms with Gasteiger partial charge < -0.3 is 4.90 Å². The third kappa shape index (κ3) is 4.36. The van der Waals surface area contributed by atoms with Crippen molar-refractivity contribution in [3.05, 3.63) is 84.1 Å². The summed E-state index contributed by atoms with van der Waals surface area (Å²) >= 11 is 0. The Kier molecular flexibility index (Phi) is 4.94. The number of hydrogen-bond acceptors (Lipinski definition) is 4. The minimum Gasteiger partial charge on any atom is -0.359 e. The van der Waals surface area contributed by atoms with Crippen LogP contribution in [0, 0.1) is 0 Å². The van der Waals surface area contributed by atoms with Crippen molar-refractivity contribution in [2.75, 3.05) is 18.5 Å². The molecule has 0 N–H and O–H groups in total. The van der Waals surface area contributed by atoms with Crippen LogP contribution < -0.4 is 4.90 Å². The average molecular weight is 304 g/mol. The van der Waals surface area contributed by atoms with Gasteiger partial charge in [-0.2, -0.15) is 0 Å². The molecule has 3 aromatic rings. The van der Waals surface area contributed by atoms with Crippen LogP contribution in [-0.2, 0) is 12.8 Å². The standard InChI is InChI=1S/C19H20N4/c1-23(14-10-16-7-11-20-12-8-16)19-9-13-21-18(22-19)15-17-5-3-2-4-6-17/h2-9,11-13H,10,14-15H2,1H3. The van der Waals surface area contributed by atoms with Crippen molar-refractivity contribution >= 4 is 5.82 Å². The monoisotopic (exact) mass is 304 g/mol. The van der Waals surface area contributed by atoms with Crippen LogP contribution in [0.1, 0.15) is 17.0 Å². The number of pyridine rings is 1. The lowest BCUT2D eigenvalue weighted by Crippen LogP contribution is -2.22. The molecule has 4 nitrogen and oxygen atoms in total. The number of rotatable bonds is 6. The van der Waals surface area contributed by atoms with Crippen LogP contribution in [0.3, 0.4) is 0 Å². The molecular weight excluding hydrogens is 284 g/mol. The molecule has 0 fully saturated rings. The molecule has 116 valence electrons. The van der Waals surface area contributed by atoms with Gasteiger partial charge in [0.05, 0.1) is 0 Å². The molecule has 0 aliphatic carbocycles. The number of hydrogen-bond donors (Lipinski definition) is 0. The molecule has 0 radical (unpaired) electrons. The Morgan fingerprint density at radius 3 is 2.43 bits per heavy atom. The second kappa shape index (κ2) is 7.49. The third-order valence-electron chi connectivity index (χ3n) is 3.77. The number of anilines is 1. The smallest absolute Gasteiger partial charge is 0.135 e. The maximum Gasteiger partial charge on any atom is 0.135 e. The SMILES string of the molecule is CN(CCc1ccncc1)c1ccnc(Cc2ccccc2)n1. The molecule has 0 unspecified atom stereocenters. The zero-order valence-electron chi connectivity index (χ0n) is 13.3. The van der Waals surface area contributed by atoms with Gasteiger partial charge in [0.2, 0.25) is 0 Å². The van der Waals surface area contributed by atoms with Crippen molar-refractivity contribution in [1.29, 1.82) is 0 Å². The van der Waals surface area contributed by atoms with E-state index in [-0.39, 0.29) is 0 Å². The molecule has 2 aromatic heterocycles. The van der Waals surface area contributed by atoms with Crippen LogP contribution >= 0.6 is 0 Å². The zero-order chi connectivity index (χ0) is 15.9. The maximum atomic E-state index is 4.68. The first kappa shape index (κ1) is 15.2. The second-order valence-corrected chi connectivity index (χ2v) is 5.52. The summed E-state index contributed by atoms with van der Waals surface area (Å²) < 4.78 is 0. The molecule has 3 rings (SSSR count). The van der Waals surface area contributed by atoms with Crippen LogP contribution in [0.15, 0.2) is 67.1 Å². The summed E-state index contributed by atoms with van der Waals surface area (Å²) in [5.41, 5.74) is 2.51. The van der Waals surface area contributed by atoms with E-state index in [2.05, 4.69) is 51.2 Å². The fraction of sp³-hybridized carbons (Fsp3) is 0.211. The summed E-state index contributed by atoms with van der Waals surface area (Å²) in [6.07, 6.45) is 7.23. The van der Waals surface area contributed by atoms with Gasteiger partial charge in [-0.05, 0) is 35.7 Å². The fourth-order valence-corrected chi connectivity index (χ4v) is 2.43. The molecular formula is C19H20N4. The van der Waals surface area contributed by atoms with Crippen LogP contribution in [0.5, 0.6) is 0 Å². The van der Waals surface area contributed by atoms with E-state index in [1.54, 1.807) is 0 Å². The van der Waals surface area contributed by atoms with Crippen LogP contribution in [0.4, 0.5) is 5.82 Å². The Balaban J connectivity index is 1.64. The maximum absolute atomic E-state index is 4.68. The quantitative estimate of drug-likeness (QED) is 0.701. The van der Waals surface area contributed by atoms with Gasteiger partial charge in [-0.25, -0.2) is 9.97 Å². The topological polar surface area (TPSA) is 41.9 Å². The van der Waals surface area contributed by atoms with Crippen molar-refractivity contribution in [2.45, 2.75) is 12.8 Å². The first-order valence-electron chi connectivity index (χ1n) is 7.77. The second-order valence-electron chi connectivity index (χ2n) is 5.52. The molecule has 0 atom stereocenters. The van der Waals surface area contributed by atoms with Gasteiger partial charge in [0, 0.05) is 38.6 Å². The molecule has 2 heterocycles. The average Bonchev–Trinajstić information content (AvgIpc) is 2.62. The number of likely N-dealkylation sites (N-methyl/N-ethyl adjacent to an activating group) is 1. The van der Waals surface area contributed by atoms with Gasteiger partial charge in [-0.3, -0.25) is 4.98 Å². The molecule has 0 aliphatic rings. The molecule has 0 saturated heterocycles. The summed E-state index contributed by atoms with van der Waals surface area (Å²) in [6, 6.07) is 16.4. The summed E-state index contributed by atoms with van der Waals surface area (Å²) in [6.45, 7) is 0.909. The Bertz CT molecular complexity index is 729. The highest BCUT2D eigenvalue weighted by molar-refractivity contribution is 5.37. The fourth-order valence-electron chi connectivity index (χ4n) is 2.43. The van der Waals surface area contributed by atoms with Crippen molar-refractivity contribution in [3.63, 3.8) is 0 Å². The lowest BCUT2D eigenvalue weighted by Gasteiger charge is -2.18. The third-order valence-corrected chi connectivity index (χ3v) is 3.77. The molecule has 1 aromatic carbocycles. The lowest BCUT2D eigenvalue weighted by atomic mass is 10.1. The molecule has 0 bridgehead atoms. The van der Waals surface area contributed by atoms with E-state index in [1.807, 2.05) is 42.9 Å². The predicted octanol–water partition coefficient (Wildman–Crippen LogP) is 3.14. The van der Waals surface area contributed by atoms with Gasteiger partial charge in [0.15, 0.2) is 0 Å².